The third-order valence-electron chi connectivity index (χ3n) is 4.30. The molecule has 20 heavy (non-hydrogen) atoms. The quantitative estimate of drug-likeness (QED) is 0.909. The zero-order valence-electron chi connectivity index (χ0n) is 11.7. The lowest BCUT2D eigenvalue weighted by Crippen LogP contribution is -2.36. The van der Waals surface area contributed by atoms with Gasteiger partial charge in [0.1, 0.15) is 5.75 Å². The fraction of sp³-hybridized carbons (Fsp3) is 0.562. The Morgan fingerprint density at radius 3 is 2.95 bits per heavy atom. The van der Waals surface area contributed by atoms with Gasteiger partial charge in [-0.1, -0.05) is 12.1 Å². The fourth-order valence-corrected chi connectivity index (χ4v) is 4.39. The Morgan fingerprint density at radius 1 is 1.35 bits per heavy atom. The molecule has 0 bridgehead atoms. The van der Waals surface area contributed by atoms with Gasteiger partial charge in [-0.2, -0.15) is 11.8 Å². The molecule has 1 saturated heterocycles. The van der Waals surface area contributed by atoms with E-state index in [0.717, 1.165) is 43.5 Å². The summed E-state index contributed by atoms with van der Waals surface area (Å²) in [6.45, 7) is 0.741. The first-order valence-corrected chi connectivity index (χ1v) is 8.60. The van der Waals surface area contributed by atoms with Crippen molar-refractivity contribution in [2.75, 3.05) is 23.0 Å². The highest BCUT2D eigenvalue weighted by molar-refractivity contribution is 7.99. The summed E-state index contributed by atoms with van der Waals surface area (Å²) in [5, 5.41) is 10.1. The Morgan fingerprint density at radius 2 is 2.15 bits per heavy atom. The van der Waals surface area contributed by atoms with E-state index in [1.807, 2.05) is 28.8 Å². The second-order valence-corrected chi connectivity index (χ2v) is 6.92. The van der Waals surface area contributed by atoms with Crippen LogP contribution in [-0.2, 0) is 11.2 Å². The molecule has 1 aromatic carbocycles. The number of rotatable bonds is 2. The number of anilines is 1. The molecule has 3 nitrogen and oxygen atoms in total. The van der Waals surface area contributed by atoms with Crippen molar-refractivity contribution >= 4 is 23.4 Å². The van der Waals surface area contributed by atoms with E-state index in [9.17, 15) is 9.90 Å². The number of amides is 1. The number of phenolic OH excluding ortho intramolecular Hbond substituents is 1. The van der Waals surface area contributed by atoms with Crippen LogP contribution in [0.3, 0.4) is 0 Å². The molecular formula is C16H21NO2S. The van der Waals surface area contributed by atoms with Gasteiger partial charge < -0.3 is 10.0 Å². The summed E-state index contributed by atoms with van der Waals surface area (Å²) in [5.74, 6) is 3.32. The fourth-order valence-electron chi connectivity index (χ4n) is 3.19. The van der Waals surface area contributed by atoms with E-state index in [0.29, 0.717) is 12.3 Å². The summed E-state index contributed by atoms with van der Waals surface area (Å²) in [7, 11) is 0. The van der Waals surface area contributed by atoms with Crippen LogP contribution in [0.4, 0.5) is 5.69 Å². The topological polar surface area (TPSA) is 40.5 Å². The minimum atomic E-state index is 0.185. The highest BCUT2D eigenvalue weighted by Gasteiger charge is 2.27. The van der Waals surface area contributed by atoms with Crippen LogP contribution >= 0.6 is 11.8 Å². The monoisotopic (exact) mass is 291 g/mol. The number of thioether (sulfide) groups is 1. The molecule has 2 aliphatic heterocycles. The number of hydrogen-bond donors (Lipinski definition) is 1. The van der Waals surface area contributed by atoms with Gasteiger partial charge >= 0.3 is 0 Å². The standard InChI is InChI=1S/C16H21NO2S/c18-14-5-1-3-13-4-2-8-17(16(13)14)15(19)11-12-6-9-20-10-7-12/h1,3,5,12,18H,2,4,6-11H2. The number of aromatic hydroxyl groups is 1. The van der Waals surface area contributed by atoms with Gasteiger partial charge in [-0.15, -0.1) is 0 Å². The van der Waals surface area contributed by atoms with E-state index in [4.69, 9.17) is 0 Å². The average Bonchev–Trinajstić information content (AvgIpc) is 2.48. The van der Waals surface area contributed by atoms with Crippen LogP contribution in [0.25, 0.3) is 0 Å². The van der Waals surface area contributed by atoms with E-state index in [2.05, 4.69) is 0 Å². The molecule has 0 aromatic heterocycles. The molecule has 2 aliphatic rings. The summed E-state index contributed by atoms with van der Waals surface area (Å²) in [5.41, 5.74) is 1.86. The summed E-state index contributed by atoms with van der Waals surface area (Å²) in [6, 6.07) is 5.56. The molecule has 0 saturated carbocycles. The Labute approximate surface area is 124 Å². The normalized spacial score (nSPS) is 19.7. The lowest BCUT2D eigenvalue weighted by molar-refractivity contribution is -0.119. The number of carbonyl (C=O) groups is 1. The molecule has 108 valence electrons. The van der Waals surface area contributed by atoms with Crippen molar-refractivity contribution in [1.82, 2.24) is 0 Å². The maximum Gasteiger partial charge on any atom is 0.227 e. The number of para-hydroxylation sites is 1. The van der Waals surface area contributed by atoms with Crippen LogP contribution in [0.5, 0.6) is 5.75 Å². The van der Waals surface area contributed by atoms with Gasteiger partial charge in [-0.3, -0.25) is 4.79 Å². The lowest BCUT2D eigenvalue weighted by Gasteiger charge is -2.32. The first-order chi connectivity index (χ1) is 9.75. The van der Waals surface area contributed by atoms with Crippen LogP contribution in [-0.4, -0.2) is 29.1 Å². The highest BCUT2D eigenvalue weighted by Crippen LogP contribution is 2.36. The predicted octanol–water partition coefficient (Wildman–Crippen LogP) is 3.20. The van der Waals surface area contributed by atoms with Gasteiger partial charge in [0.2, 0.25) is 5.91 Å². The van der Waals surface area contributed by atoms with Crippen LogP contribution in [0, 0.1) is 5.92 Å². The van der Waals surface area contributed by atoms with Gasteiger partial charge in [0.25, 0.3) is 0 Å². The molecule has 1 N–H and O–H groups in total. The maximum absolute atomic E-state index is 12.6. The average molecular weight is 291 g/mol. The summed E-state index contributed by atoms with van der Waals surface area (Å²) < 4.78 is 0. The van der Waals surface area contributed by atoms with Crippen LogP contribution in [0.1, 0.15) is 31.2 Å². The largest absolute Gasteiger partial charge is 0.506 e. The second kappa shape index (κ2) is 6.08. The predicted molar refractivity (Wildman–Crippen MR) is 83.4 cm³/mol. The molecule has 0 atom stereocenters. The molecule has 0 spiro atoms. The maximum atomic E-state index is 12.6. The number of benzene rings is 1. The molecule has 3 rings (SSSR count). The summed E-state index contributed by atoms with van der Waals surface area (Å²) in [6.07, 6.45) is 4.88. The smallest absolute Gasteiger partial charge is 0.227 e. The van der Waals surface area contributed by atoms with Crippen molar-refractivity contribution in [2.45, 2.75) is 32.1 Å². The van der Waals surface area contributed by atoms with Crippen molar-refractivity contribution < 1.29 is 9.90 Å². The van der Waals surface area contributed by atoms with Gasteiger partial charge in [0, 0.05) is 13.0 Å². The Hall–Kier alpha value is -1.16. The first-order valence-electron chi connectivity index (χ1n) is 7.44. The second-order valence-electron chi connectivity index (χ2n) is 5.69. The van der Waals surface area contributed by atoms with Crippen molar-refractivity contribution in [2.24, 2.45) is 5.92 Å². The number of phenols is 1. The minimum Gasteiger partial charge on any atom is -0.506 e. The zero-order valence-corrected chi connectivity index (χ0v) is 12.5. The van der Waals surface area contributed by atoms with Gasteiger partial charge in [-0.05, 0) is 54.7 Å². The summed E-state index contributed by atoms with van der Waals surface area (Å²) in [4.78, 5) is 14.4. The molecule has 1 amide bonds. The minimum absolute atomic E-state index is 0.185. The van der Waals surface area contributed by atoms with Crippen LogP contribution in [0.15, 0.2) is 18.2 Å². The Bertz CT molecular complexity index is 497. The van der Waals surface area contributed by atoms with Crippen molar-refractivity contribution in [3.63, 3.8) is 0 Å². The van der Waals surface area contributed by atoms with Gasteiger partial charge in [0.05, 0.1) is 5.69 Å². The van der Waals surface area contributed by atoms with E-state index in [-0.39, 0.29) is 11.7 Å². The van der Waals surface area contributed by atoms with E-state index in [1.54, 1.807) is 6.07 Å². The van der Waals surface area contributed by atoms with Crippen molar-refractivity contribution in [1.29, 1.82) is 0 Å². The molecule has 1 aromatic rings. The molecule has 0 aliphatic carbocycles. The van der Waals surface area contributed by atoms with Gasteiger partial charge in [-0.25, -0.2) is 0 Å². The number of fused-ring (bicyclic) bond motifs is 1. The summed E-state index contributed by atoms with van der Waals surface area (Å²) >= 11 is 1.99. The van der Waals surface area contributed by atoms with E-state index in [1.165, 1.54) is 11.5 Å². The number of aryl methyl sites for hydroxylation is 1. The molecule has 0 radical (unpaired) electrons. The molecule has 1 fully saturated rings. The van der Waals surface area contributed by atoms with Crippen LogP contribution in [0.2, 0.25) is 0 Å². The van der Waals surface area contributed by atoms with E-state index >= 15 is 0 Å². The molecule has 4 heteroatoms. The van der Waals surface area contributed by atoms with Crippen molar-refractivity contribution in [3.8, 4) is 5.75 Å². The van der Waals surface area contributed by atoms with Gasteiger partial charge in [0.15, 0.2) is 0 Å². The van der Waals surface area contributed by atoms with Crippen molar-refractivity contribution in [3.05, 3.63) is 23.8 Å². The highest BCUT2D eigenvalue weighted by atomic mass is 32.2. The zero-order chi connectivity index (χ0) is 13.9. The first kappa shape index (κ1) is 13.8. The number of carbonyl (C=O) groups excluding carboxylic acids is 1. The number of nitrogens with zero attached hydrogens (tertiary/aromatic N) is 1. The van der Waals surface area contributed by atoms with E-state index < -0.39 is 0 Å². The third kappa shape index (κ3) is 2.80. The Kier molecular flexibility index (Phi) is 4.20. The molecule has 0 unspecified atom stereocenters. The molecular weight excluding hydrogens is 270 g/mol. The lowest BCUT2D eigenvalue weighted by atomic mass is 9.96. The van der Waals surface area contributed by atoms with Crippen LogP contribution < -0.4 is 4.90 Å². The number of hydrogen-bond acceptors (Lipinski definition) is 3. The molecule has 2 heterocycles. The third-order valence-corrected chi connectivity index (χ3v) is 5.35. The SMILES string of the molecule is O=C(CC1CCSCC1)N1CCCc2cccc(O)c21. The Balaban J connectivity index is 1.76.